The number of carbonyl (C=O) groups excluding carboxylic acids is 2. The van der Waals surface area contributed by atoms with E-state index < -0.39 is 17.5 Å². The van der Waals surface area contributed by atoms with E-state index in [0.29, 0.717) is 28.0 Å². The van der Waals surface area contributed by atoms with Crippen molar-refractivity contribution in [1.82, 2.24) is 5.16 Å². The van der Waals surface area contributed by atoms with Crippen LogP contribution in [-0.2, 0) is 0 Å². The second kappa shape index (κ2) is 7.01. The summed E-state index contributed by atoms with van der Waals surface area (Å²) in [6.07, 6.45) is 0. The number of amides is 1. The molecule has 1 amide bonds. The molecule has 0 aliphatic carbocycles. The Hall–Kier alpha value is -3.74. The van der Waals surface area contributed by atoms with E-state index in [4.69, 9.17) is 8.94 Å². The van der Waals surface area contributed by atoms with Crippen LogP contribution in [0.15, 0.2) is 51.4 Å². The molecule has 4 rings (SSSR count). The maximum Gasteiger partial charge on any atom is 0.261 e. The number of nitrogens with zero attached hydrogens (tertiary/aromatic N) is 1. The predicted molar refractivity (Wildman–Crippen MR) is 105 cm³/mol. The number of anilines is 1. The number of aromatic nitrogens is 1. The number of hydrogen-bond acceptors (Lipinski definition) is 5. The van der Waals surface area contributed by atoms with Crippen LogP contribution in [-0.4, -0.2) is 16.8 Å². The van der Waals surface area contributed by atoms with Gasteiger partial charge in [0.1, 0.15) is 22.7 Å². The molecule has 2 aromatic carbocycles. The molecule has 2 aromatic heterocycles. The topological polar surface area (TPSA) is 85.3 Å². The average molecular weight is 392 g/mol. The zero-order chi connectivity index (χ0) is 20.7. The lowest BCUT2D eigenvalue weighted by Crippen LogP contribution is -2.15. The molecule has 0 aliphatic rings. The van der Waals surface area contributed by atoms with Crippen LogP contribution in [0.3, 0.4) is 0 Å². The SMILES string of the molecule is Cc1ccc(C(=O)c2oc3ccccc3c2NC(=O)c2c(C)noc2C)cc1F. The van der Waals surface area contributed by atoms with Crippen molar-refractivity contribution in [2.45, 2.75) is 20.8 Å². The lowest BCUT2D eigenvalue weighted by atomic mass is 10.0. The van der Waals surface area contributed by atoms with E-state index in [0.717, 1.165) is 6.07 Å². The first kappa shape index (κ1) is 18.6. The van der Waals surface area contributed by atoms with Gasteiger partial charge >= 0.3 is 0 Å². The number of carbonyl (C=O) groups is 2. The van der Waals surface area contributed by atoms with Crippen LogP contribution in [0.4, 0.5) is 10.1 Å². The van der Waals surface area contributed by atoms with Crippen LogP contribution in [0.1, 0.15) is 43.5 Å². The van der Waals surface area contributed by atoms with Gasteiger partial charge in [0.05, 0.1) is 11.4 Å². The van der Waals surface area contributed by atoms with Crippen molar-refractivity contribution in [2.75, 3.05) is 5.32 Å². The lowest BCUT2D eigenvalue weighted by molar-refractivity contribution is 0.101. The van der Waals surface area contributed by atoms with Crippen molar-refractivity contribution >= 4 is 28.3 Å². The number of fused-ring (bicyclic) bond motifs is 1. The van der Waals surface area contributed by atoms with Crippen molar-refractivity contribution in [3.05, 3.63) is 82.2 Å². The first-order valence-electron chi connectivity index (χ1n) is 8.93. The molecule has 7 heteroatoms. The molecule has 6 nitrogen and oxygen atoms in total. The van der Waals surface area contributed by atoms with Gasteiger partial charge in [-0.15, -0.1) is 0 Å². The quantitative estimate of drug-likeness (QED) is 0.496. The Morgan fingerprint density at radius 1 is 1.07 bits per heavy atom. The van der Waals surface area contributed by atoms with Gasteiger partial charge in [-0.2, -0.15) is 0 Å². The molecule has 0 saturated carbocycles. The molecule has 0 spiro atoms. The summed E-state index contributed by atoms with van der Waals surface area (Å²) in [6, 6.07) is 11.1. The molecular formula is C22H17FN2O4. The minimum Gasteiger partial charge on any atom is -0.450 e. The van der Waals surface area contributed by atoms with Crippen molar-refractivity contribution in [3.63, 3.8) is 0 Å². The molecular weight excluding hydrogens is 375 g/mol. The Morgan fingerprint density at radius 3 is 2.52 bits per heavy atom. The second-order valence-electron chi connectivity index (χ2n) is 6.75. The van der Waals surface area contributed by atoms with E-state index in [2.05, 4.69) is 10.5 Å². The summed E-state index contributed by atoms with van der Waals surface area (Å²) >= 11 is 0. The summed E-state index contributed by atoms with van der Waals surface area (Å²) in [4.78, 5) is 25.9. The van der Waals surface area contributed by atoms with E-state index in [9.17, 15) is 14.0 Å². The van der Waals surface area contributed by atoms with Crippen LogP contribution < -0.4 is 5.32 Å². The molecule has 0 aliphatic heterocycles. The normalized spacial score (nSPS) is 11.0. The summed E-state index contributed by atoms with van der Waals surface area (Å²) in [5.41, 5.74) is 1.92. The monoisotopic (exact) mass is 392 g/mol. The van der Waals surface area contributed by atoms with Gasteiger partial charge in [-0.1, -0.05) is 29.4 Å². The van der Waals surface area contributed by atoms with E-state index in [1.54, 1.807) is 45.0 Å². The zero-order valence-electron chi connectivity index (χ0n) is 16.0. The molecule has 0 saturated heterocycles. The van der Waals surface area contributed by atoms with Crippen molar-refractivity contribution in [1.29, 1.82) is 0 Å². The maximum absolute atomic E-state index is 14.0. The van der Waals surface area contributed by atoms with Gasteiger partial charge in [0, 0.05) is 10.9 Å². The standard InChI is InChI=1S/C22H17FN2O4/c1-11-8-9-14(10-16(11)23)20(26)21-19(15-6-4-5-7-17(15)28-21)24-22(27)18-12(2)25-29-13(18)3/h4-10H,1-3H3,(H,24,27). The minimum absolute atomic E-state index is 0.0745. The summed E-state index contributed by atoms with van der Waals surface area (Å²) in [6.45, 7) is 4.89. The molecule has 0 bridgehead atoms. The number of aryl methyl sites for hydroxylation is 3. The second-order valence-corrected chi connectivity index (χ2v) is 6.75. The van der Waals surface area contributed by atoms with Crippen LogP contribution in [0, 0.1) is 26.6 Å². The highest BCUT2D eigenvalue weighted by Crippen LogP contribution is 2.33. The fourth-order valence-corrected chi connectivity index (χ4v) is 3.18. The Bertz CT molecular complexity index is 1250. The van der Waals surface area contributed by atoms with Gasteiger partial charge in [0.15, 0.2) is 5.76 Å². The van der Waals surface area contributed by atoms with Gasteiger partial charge < -0.3 is 14.3 Å². The minimum atomic E-state index is -0.533. The first-order valence-corrected chi connectivity index (χ1v) is 8.93. The van der Waals surface area contributed by atoms with Gasteiger partial charge in [0.25, 0.3) is 5.91 Å². The van der Waals surface area contributed by atoms with Crippen LogP contribution in [0.5, 0.6) is 0 Å². The van der Waals surface area contributed by atoms with E-state index >= 15 is 0 Å². The highest BCUT2D eigenvalue weighted by atomic mass is 19.1. The number of ketones is 1. The maximum atomic E-state index is 14.0. The fourth-order valence-electron chi connectivity index (χ4n) is 3.18. The van der Waals surface area contributed by atoms with Crippen molar-refractivity contribution in [2.24, 2.45) is 0 Å². The smallest absolute Gasteiger partial charge is 0.261 e. The summed E-state index contributed by atoms with van der Waals surface area (Å²) in [5.74, 6) is -1.21. The molecule has 4 aromatic rings. The number of rotatable bonds is 4. The van der Waals surface area contributed by atoms with Gasteiger partial charge in [-0.25, -0.2) is 4.39 Å². The van der Waals surface area contributed by atoms with Crippen LogP contribution in [0.25, 0.3) is 11.0 Å². The molecule has 146 valence electrons. The Morgan fingerprint density at radius 2 is 1.83 bits per heavy atom. The van der Waals surface area contributed by atoms with E-state index in [-0.39, 0.29) is 22.6 Å². The highest BCUT2D eigenvalue weighted by Gasteiger charge is 2.26. The van der Waals surface area contributed by atoms with Gasteiger partial charge in [0.2, 0.25) is 5.78 Å². The van der Waals surface area contributed by atoms with Gasteiger partial charge in [-0.3, -0.25) is 9.59 Å². The number of furan rings is 1. The van der Waals surface area contributed by atoms with Crippen molar-refractivity contribution < 1.29 is 22.9 Å². The summed E-state index contributed by atoms with van der Waals surface area (Å²) in [7, 11) is 0. The summed E-state index contributed by atoms with van der Waals surface area (Å²) < 4.78 is 24.8. The van der Waals surface area contributed by atoms with Gasteiger partial charge in [-0.05, 0) is 44.5 Å². The summed E-state index contributed by atoms with van der Waals surface area (Å²) in [5, 5.41) is 7.09. The Kier molecular flexibility index (Phi) is 4.50. The molecule has 2 heterocycles. The third-order valence-electron chi connectivity index (χ3n) is 4.73. The number of halogens is 1. The zero-order valence-corrected chi connectivity index (χ0v) is 16.0. The molecule has 0 unspecified atom stereocenters. The average Bonchev–Trinajstić information content (AvgIpc) is 3.23. The molecule has 1 N–H and O–H groups in total. The number of para-hydroxylation sites is 1. The third kappa shape index (κ3) is 3.20. The lowest BCUT2D eigenvalue weighted by Gasteiger charge is -2.06. The third-order valence-corrected chi connectivity index (χ3v) is 4.73. The number of nitrogens with one attached hydrogen (secondary N) is 1. The predicted octanol–water partition coefficient (Wildman–Crippen LogP) is 4.97. The number of hydrogen-bond donors (Lipinski definition) is 1. The number of benzene rings is 2. The van der Waals surface area contributed by atoms with Crippen LogP contribution >= 0.6 is 0 Å². The van der Waals surface area contributed by atoms with E-state index in [1.807, 2.05) is 0 Å². The molecule has 29 heavy (non-hydrogen) atoms. The van der Waals surface area contributed by atoms with E-state index in [1.165, 1.54) is 12.1 Å². The van der Waals surface area contributed by atoms with Crippen molar-refractivity contribution in [3.8, 4) is 0 Å². The highest BCUT2D eigenvalue weighted by molar-refractivity contribution is 6.19. The Labute approximate surface area is 165 Å². The molecule has 0 radical (unpaired) electrons. The first-order chi connectivity index (χ1) is 13.9. The Balaban J connectivity index is 1.81. The largest absolute Gasteiger partial charge is 0.450 e. The molecule has 0 atom stereocenters. The molecule has 0 fully saturated rings. The van der Waals surface area contributed by atoms with Crippen LogP contribution in [0.2, 0.25) is 0 Å². The fraction of sp³-hybridized carbons (Fsp3) is 0.136.